The van der Waals surface area contributed by atoms with Crippen LogP contribution in [0.2, 0.25) is 0 Å². The lowest BCUT2D eigenvalue weighted by molar-refractivity contribution is -0.0768. The number of benzene rings is 2. The van der Waals surface area contributed by atoms with Gasteiger partial charge in [-0.25, -0.2) is 9.18 Å². The molecule has 0 radical (unpaired) electrons. The largest absolute Gasteiger partial charge is 0.497 e. The third-order valence-electron chi connectivity index (χ3n) is 5.85. The molecule has 0 spiro atoms. The molecule has 2 atom stereocenters. The lowest BCUT2D eigenvalue weighted by Gasteiger charge is -2.44. The fraction of sp³-hybridized carbons (Fsp3) is 0.458. The van der Waals surface area contributed by atoms with Crippen molar-refractivity contribution in [1.29, 1.82) is 0 Å². The molecule has 3 rings (SSSR count). The molecule has 0 aromatic heterocycles. The average Bonchev–Trinajstić information content (AvgIpc) is 2.72. The molecule has 5 nitrogen and oxygen atoms in total. The maximum absolute atomic E-state index is 13.5. The summed E-state index contributed by atoms with van der Waals surface area (Å²) in [6.45, 7) is 5.92. The molecule has 1 heterocycles. The van der Waals surface area contributed by atoms with E-state index in [0.717, 1.165) is 16.9 Å². The van der Waals surface area contributed by atoms with Gasteiger partial charge in [-0.05, 0) is 69.0 Å². The molecule has 1 fully saturated rings. The van der Waals surface area contributed by atoms with Gasteiger partial charge in [0.15, 0.2) is 0 Å². The van der Waals surface area contributed by atoms with Crippen molar-refractivity contribution in [2.24, 2.45) is 0 Å². The highest BCUT2D eigenvalue weighted by Gasteiger charge is 2.44. The molecule has 30 heavy (non-hydrogen) atoms. The predicted octanol–water partition coefficient (Wildman–Crippen LogP) is 5.18. The summed E-state index contributed by atoms with van der Waals surface area (Å²) in [6, 6.07) is 13.5. The van der Waals surface area contributed by atoms with Crippen LogP contribution in [0, 0.1) is 5.82 Å². The molecule has 2 aromatic carbocycles. The Bertz CT molecular complexity index is 860. The van der Waals surface area contributed by atoms with Crippen molar-refractivity contribution in [2.45, 2.75) is 57.3 Å². The standard InChI is InChI=1S/C24H30FNO4/c1-17(18-5-11-21(29-4)12-6-18)26-16-15-24(30-22(26)27,14-13-23(2,3)28)19-7-9-20(25)10-8-19/h5-12,17,28H,13-16H2,1-4H3/t17-,24?/m0/s1. The number of halogens is 1. The van der Waals surface area contributed by atoms with Crippen molar-refractivity contribution in [2.75, 3.05) is 13.7 Å². The summed E-state index contributed by atoms with van der Waals surface area (Å²) in [4.78, 5) is 14.8. The zero-order valence-electron chi connectivity index (χ0n) is 18.0. The second-order valence-corrected chi connectivity index (χ2v) is 8.57. The van der Waals surface area contributed by atoms with E-state index >= 15 is 0 Å². The molecule has 0 bridgehead atoms. The number of rotatable bonds is 7. The van der Waals surface area contributed by atoms with Gasteiger partial charge in [0.2, 0.25) is 0 Å². The van der Waals surface area contributed by atoms with Crippen LogP contribution < -0.4 is 4.74 Å². The van der Waals surface area contributed by atoms with Gasteiger partial charge in [-0.1, -0.05) is 24.3 Å². The van der Waals surface area contributed by atoms with Crippen molar-refractivity contribution in [3.8, 4) is 5.75 Å². The minimum absolute atomic E-state index is 0.163. The molecule has 1 saturated heterocycles. The fourth-order valence-corrected chi connectivity index (χ4v) is 3.87. The first-order valence-corrected chi connectivity index (χ1v) is 10.3. The van der Waals surface area contributed by atoms with Gasteiger partial charge in [-0.3, -0.25) is 0 Å². The number of aliphatic hydroxyl groups is 1. The van der Waals surface area contributed by atoms with Crippen LogP contribution in [-0.4, -0.2) is 35.4 Å². The third kappa shape index (κ3) is 4.93. The van der Waals surface area contributed by atoms with Crippen LogP contribution in [0.3, 0.4) is 0 Å². The van der Waals surface area contributed by atoms with E-state index in [1.165, 1.54) is 12.1 Å². The average molecular weight is 416 g/mol. The van der Waals surface area contributed by atoms with E-state index < -0.39 is 17.3 Å². The number of nitrogens with zero attached hydrogens (tertiary/aromatic N) is 1. The molecule has 1 N–H and O–H groups in total. The van der Waals surface area contributed by atoms with E-state index in [0.29, 0.717) is 25.8 Å². The van der Waals surface area contributed by atoms with Crippen LogP contribution in [-0.2, 0) is 10.3 Å². The van der Waals surface area contributed by atoms with E-state index in [1.54, 1.807) is 38.0 Å². The second-order valence-electron chi connectivity index (χ2n) is 8.57. The molecule has 2 aromatic rings. The van der Waals surface area contributed by atoms with E-state index in [2.05, 4.69) is 0 Å². The van der Waals surface area contributed by atoms with Gasteiger partial charge in [-0.15, -0.1) is 0 Å². The predicted molar refractivity (Wildman–Crippen MR) is 113 cm³/mol. The van der Waals surface area contributed by atoms with Gasteiger partial charge >= 0.3 is 6.09 Å². The van der Waals surface area contributed by atoms with Crippen LogP contribution >= 0.6 is 0 Å². The van der Waals surface area contributed by atoms with Gasteiger partial charge < -0.3 is 19.5 Å². The summed E-state index contributed by atoms with van der Waals surface area (Å²) in [5.74, 6) is 0.419. The third-order valence-corrected chi connectivity index (χ3v) is 5.85. The Hall–Kier alpha value is -2.60. The Morgan fingerprint density at radius 1 is 1.20 bits per heavy atom. The van der Waals surface area contributed by atoms with Gasteiger partial charge in [0.05, 0.1) is 18.8 Å². The highest BCUT2D eigenvalue weighted by Crippen LogP contribution is 2.41. The number of hydrogen-bond acceptors (Lipinski definition) is 4. The summed E-state index contributed by atoms with van der Waals surface area (Å²) in [7, 11) is 1.61. The minimum atomic E-state index is -0.896. The van der Waals surface area contributed by atoms with E-state index in [4.69, 9.17) is 9.47 Å². The molecule has 1 amide bonds. The van der Waals surface area contributed by atoms with E-state index in [1.807, 2.05) is 31.2 Å². The molecule has 6 heteroatoms. The molecule has 1 aliphatic rings. The van der Waals surface area contributed by atoms with Crippen molar-refractivity contribution in [3.63, 3.8) is 0 Å². The SMILES string of the molecule is COc1ccc([C@H](C)N2CCC(CCC(C)(C)O)(c3ccc(F)cc3)OC2=O)cc1. The normalized spacial score (nSPS) is 20.6. The Morgan fingerprint density at radius 2 is 1.83 bits per heavy atom. The van der Waals surface area contributed by atoms with Crippen molar-refractivity contribution >= 4 is 6.09 Å². The highest BCUT2D eigenvalue weighted by molar-refractivity contribution is 5.70. The van der Waals surface area contributed by atoms with Gasteiger partial charge in [0, 0.05) is 13.0 Å². The highest BCUT2D eigenvalue weighted by atomic mass is 19.1. The van der Waals surface area contributed by atoms with Gasteiger partial charge in [-0.2, -0.15) is 0 Å². The van der Waals surface area contributed by atoms with Crippen LogP contribution in [0.15, 0.2) is 48.5 Å². The van der Waals surface area contributed by atoms with Crippen LogP contribution in [0.4, 0.5) is 9.18 Å². The topological polar surface area (TPSA) is 59.0 Å². The fourth-order valence-electron chi connectivity index (χ4n) is 3.87. The first kappa shape index (κ1) is 22.1. The Labute approximate surface area is 177 Å². The zero-order valence-corrected chi connectivity index (χ0v) is 18.0. The zero-order chi connectivity index (χ0) is 21.9. The molecule has 1 aliphatic heterocycles. The summed E-state index contributed by atoms with van der Waals surface area (Å²) < 4.78 is 24.7. The van der Waals surface area contributed by atoms with E-state index in [9.17, 15) is 14.3 Å². The van der Waals surface area contributed by atoms with Crippen molar-refractivity contribution < 1.29 is 23.8 Å². The van der Waals surface area contributed by atoms with Gasteiger partial charge in [0.25, 0.3) is 0 Å². The maximum atomic E-state index is 13.5. The van der Waals surface area contributed by atoms with Crippen LogP contribution in [0.5, 0.6) is 5.75 Å². The Morgan fingerprint density at radius 3 is 2.37 bits per heavy atom. The first-order chi connectivity index (χ1) is 14.1. The number of hydrogen-bond donors (Lipinski definition) is 1. The molecule has 0 aliphatic carbocycles. The number of ether oxygens (including phenoxy) is 2. The summed E-state index contributed by atoms with van der Waals surface area (Å²) in [6.07, 6.45) is 1.05. The molecule has 162 valence electrons. The number of carbonyl (C=O) groups is 1. The lowest BCUT2D eigenvalue weighted by atomic mass is 9.82. The first-order valence-electron chi connectivity index (χ1n) is 10.3. The molecular formula is C24H30FNO4. The van der Waals surface area contributed by atoms with E-state index in [-0.39, 0.29) is 11.9 Å². The molecule has 1 unspecified atom stereocenters. The van der Waals surface area contributed by atoms with Crippen LogP contribution in [0.25, 0.3) is 0 Å². The smallest absolute Gasteiger partial charge is 0.411 e. The minimum Gasteiger partial charge on any atom is -0.497 e. The number of carbonyl (C=O) groups excluding carboxylic acids is 1. The number of amides is 1. The molecule has 0 saturated carbocycles. The van der Waals surface area contributed by atoms with Crippen LogP contribution in [0.1, 0.15) is 57.2 Å². The van der Waals surface area contributed by atoms with Crippen molar-refractivity contribution in [3.05, 3.63) is 65.5 Å². The molecular weight excluding hydrogens is 385 g/mol. The summed E-state index contributed by atoms with van der Waals surface area (Å²) in [5.41, 5.74) is -0.0507. The van der Waals surface area contributed by atoms with Crippen molar-refractivity contribution in [1.82, 2.24) is 4.90 Å². The summed E-state index contributed by atoms with van der Waals surface area (Å²) in [5, 5.41) is 10.2. The monoisotopic (exact) mass is 415 g/mol. The quantitative estimate of drug-likeness (QED) is 0.677. The maximum Gasteiger partial charge on any atom is 0.411 e. The lowest BCUT2D eigenvalue weighted by Crippen LogP contribution is -2.49. The Balaban J connectivity index is 1.82. The summed E-state index contributed by atoms with van der Waals surface area (Å²) >= 11 is 0. The second kappa shape index (κ2) is 8.64. The Kier molecular flexibility index (Phi) is 6.36. The number of methoxy groups -OCH3 is 1. The van der Waals surface area contributed by atoms with Gasteiger partial charge in [0.1, 0.15) is 17.2 Å². The number of cyclic esters (lactones) is 1.